The van der Waals surface area contributed by atoms with E-state index in [0.717, 1.165) is 0 Å². The highest BCUT2D eigenvalue weighted by molar-refractivity contribution is 7.89. The van der Waals surface area contributed by atoms with Crippen LogP contribution in [-0.4, -0.2) is 37.4 Å². The normalized spacial score (nSPS) is 12.2. The molecule has 0 unspecified atom stereocenters. The third kappa shape index (κ3) is 4.14. The molecule has 20 heavy (non-hydrogen) atoms. The number of carbonyl (C=O) groups is 1. The second-order valence-corrected chi connectivity index (χ2v) is 6.61. The first-order valence-corrected chi connectivity index (χ1v) is 7.53. The monoisotopic (exact) mass is 301 g/mol. The number of nitrogens with zero attached hydrogens (tertiary/aromatic N) is 2. The van der Waals surface area contributed by atoms with Gasteiger partial charge in [0.1, 0.15) is 4.90 Å². The lowest BCUT2D eigenvalue weighted by Gasteiger charge is -2.20. The van der Waals surface area contributed by atoms with E-state index in [4.69, 9.17) is 5.73 Å². The third-order valence-corrected chi connectivity index (χ3v) is 4.00. The van der Waals surface area contributed by atoms with Gasteiger partial charge in [-0.2, -0.15) is 0 Å². The molecule has 1 aromatic heterocycles. The van der Waals surface area contributed by atoms with Crippen LogP contribution in [0.5, 0.6) is 0 Å². The number of sulfonamides is 1. The summed E-state index contributed by atoms with van der Waals surface area (Å²) >= 11 is 0. The first kappa shape index (κ1) is 16.3. The van der Waals surface area contributed by atoms with E-state index in [1.807, 2.05) is 6.92 Å². The molecule has 0 saturated heterocycles. The van der Waals surface area contributed by atoms with Crippen molar-refractivity contribution >= 4 is 21.9 Å². The Kier molecular flexibility index (Phi) is 5.01. The van der Waals surface area contributed by atoms with Crippen LogP contribution in [0.3, 0.4) is 0 Å². The van der Waals surface area contributed by atoms with E-state index in [-0.39, 0.29) is 11.4 Å². The Morgan fingerprint density at radius 1 is 1.35 bits per heavy atom. The number of hydrogen-bond donors (Lipinski definition) is 3. The van der Waals surface area contributed by atoms with E-state index in [1.54, 1.807) is 13.8 Å². The van der Waals surface area contributed by atoms with Gasteiger partial charge in [-0.05, 0) is 20.8 Å². The molecule has 0 saturated carbocycles. The van der Waals surface area contributed by atoms with Crippen LogP contribution >= 0.6 is 0 Å². The van der Waals surface area contributed by atoms with Crippen LogP contribution in [0.15, 0.2) is 17.3 Å². The lowest BCUT2D eigenvalue weighted by Crippen LogP contribution is -2.42. The van der Waals surface area contributed by atoms with E-state index < -0.39 is 21.3 Å². The summed E-state index contributed by atoms with van der Waals surface area (Å²) in [6, 6.07) is 0. The molecule has 0 aliphatic carbocycles. The van der Waals surface area contributed by atoms with Crippen molar-refractivity contribution in [3.8, 4) is 0 Å². The van der Waals surface area contributed by atoms with Crippen molar-refractivity contribution in [2.24, 2.45) is 11.1 Å². The summed E-state index contributed by atoms with van der Waals surface area (Å²) in [5.41, 5.74) is 4.21. The predicted octanol–water partition coefficient (Wildman–Crippen LogP) is -0.302. The van der Waals surface area contributed by atoms with Gasteiger partial charge in [0.05, 0.1) is 17.8 Å². The van der Waals surface area contributed by atoms with Gasteiger partial charge in [0, 0.05) is 13.1 Å². The van der Waals surface area contributed by atoms with Crippen LogP contribution in [0, 0.1) is 5.41 Å². The third-order valence-electron chi connectivity index (χ3n) is 2.64. The zero-order chi connectivity index (χ0) is 15.4. The van der Waals surface area contributed by atoms with Gasteiger partial charge in [0.2, 0.25) is 21.9 Å². The van der Waals surface area contributed by atoms with Crippen molar-refractivity contribution in [2.75, 3.05) is 18.4 Å². The first-order valence-electron chi connectivity index (χ1n) is 6.04. The van der Waals surface area contributed by atoms with Crippen LogP contribution in [0.4, 0.5) is 5.95 Å². The van der Waals surface area contributed by atoms with Gasteiger partial charge in [-0.1, -0.05) is 0 Å². The Morgan fingerprint density at radius 3 is 2.35 bits per heavy atom. The second-order valence-electron chi connectivity index (χ2n) is 4.85. The Balaban J connectivity index is 2.81. The number of carbonyl (C=O) groups excluding carboxylic acids is 1. The summed E-state index contributed by atoms with van der Waals surface area (Å²) in [6.45, 7) is 5.53. The van der Waals surface area contributed by atoms with Gasteiger partial charge < -0.3 is 11.1 Å². The maximum atomic E-state index is 12.0. The van der Waals surface area contributed by atoms with Crippen LogP contribution in [0.25, 0.3) is 0 Å². The summed E-state index contributed by atoms with van der Waals surface area (Å²) in [6.07, 6.45) is 2.40. The van der Waals surface area contributed by atoms with Gasteiger partial charge in [0.25, 0.3) is 0 Å². The number of hydrogen-bond acceptors (Lipinski definition) is 6. The fourth-order valence-corrected chi connectivity index (χ4v) is 2.25. The summed E-state index contributed by atoms with van der Waals surface area (Å²) < 4.78 is 26.3. The number of nitrogens with one attached hydrogen (secondary N) is 2. The van der Waals surface area contributed by atoms with Crippen molar-refractivity contribution in [1.29, 1.82) is 0 Å². The molecule has 0 aromatic carbocycles. The highest BCUT2D eigenvalue weighted by atomic mass is 32.2. The average Bonchev–Trinajstić information content (AvgIpc) is 2.38. The number of rotatable bonds is 7. The van der Waals surface area contributed by atoms with Crippen LogP contribution < -0.4 is 15.8 Å². The zero-order valence-electron chi connectivity index (χ0n) is 11.7. The lowest BCUT2D eigenvalue weighted by molar-refractivity contribution is -0.125. The highest BCUT2D eigenvalue weighted by Gasteiger charge is 2.27. The number of aromatic nitrogens is 2. The van der Waals surface area contributed by atoms with Crippen LogP contribution in [0.2, 0.25) is 0 Å². The molecule has 1 amide bonds. The zero-order valence-corrected chi connectivity index (χ0v) is 12.5. The predicted molar refractivity (Wildman–Crippen MR) is 74.4 cm³/mol. The molecule has 1 rings (SSSR count). The highest BCUT2D eigenvalue weighted by Crippen LogP contribution is 2.14. The molecule has 112 valence electrons. The first-order chi connectivity index (χ1) is 9.19. The Morgan fingerprint density at radius 2 is 1.90 bits per heavy atom. The van der Waals surface area contributed by atoms with Crippen molar-refractivity contribution in [2.45, 2.75) is 25.7 Å². The largest absolute Gasteiger partial charge is 0.369 e. The van der Waals surface area contributed by atoms with Crippen molar-refractivity contribution in [3.63, 3.8) is 0 Å². The van der Waals surface area contributed by atoms with E-state index in [2.05, 4.69) is 20.0 Å². The van der Waals surface area contributed by atoms with Gasteiger partial charge in [-0.25, -0.2) is 23.1 Å². The van der Waals surface area contributed by atoms with Gasteiger partial charge in [-0.15, -0.1) is 0 Å². The second kappa shape index (κ2) is 6.14. The molecule has 0 radical (unpaired) electrons. The molecule has 0 aliphatic rings. The minimum atomic E-state index is -3.77. The number of nitrogens with two attached hydrogens (primary N) is 1. The SMILES string of the molecule is CCNc1ncc(S(=O)(=O)NCC(C)(C)C(N)=O)cn1. The quantitative estimate of drug-likeness (QED) is 0.634. The minimum Gasteiger partial charge on any atom is -0.369 e. The summed E-state index contributed by atoms with van der Waals surface area (Å²) in [7, 11) is -3.77. The topological polar surface area (TPSA) is 127 Å². The van der Waals surface area contributed by atoms with E-state index in [1.165, 1.54) is 12.4 Å². The van der Waals surface area contributed by atoms with Crippen molar-refractivity contribution in [3.05, 3.63) is 12.4 Å². The summed E-state index contributed by atoms with van der Waals surface area (Å²) in [5, 5.41) is 2.86. The van der Waals surface area contributed by atoms with Crippen molar-refractivity contribution in [1.82, 2.24) is 14.7 Å². The van der Waals surface area contributed by atoms with Crippen LogP contribution in [0.1, 0.15) is 20.8 Å². The molecule has 0 spiro atoms. The lowest BCUT2D eigenvalue weighted by atomic mass is 9.93. The molecular weight excluding hydrogens is 282 g/mol. The van der Waals surface area contributed by atoms with Gasteiger partial charge in [-0.3, -0.25) is 4.79 Å². The molecule has 4 N–H and O–H groups in total. The molecule has 0 atom stereocenters. The van der Waals surface area contributed by atoms with Gasteiger partial charge in [0.15, 0.2) is 0 Å². The number of primary amides is 1. The molecular formula is C11H19N5O3S. The number of amides is 1. The van der Waals surface area contributed by atoms with E-state index in [9.17, 15) is 13.2 Å². The Bertz CT molecular complexity index is 568. The molecule has 1 heterocycles. The Labute approximate surface area is 118 Å². The summed E-state index contributed by atoms with van der Waals surface area (Å²) in [5.74, 6) is -0.233. The molecule has 1 aromatic rings. The van der Waals surface area contributed by atoms with E-state index >= 15 is 0 Å². The molecule has 0 aliphatic heterocycles. The maximum absolute atomic E-state index is 12.0. The summed E-state index contributed by atoms with van der Waals surface area (Å²) in [4.78, 5) is 18.8. The minimum absolute atomic E-state index is 0.0700. The van der Waals surface area contributed by atoms with Crippen LogP contribution in [-0.2, 0) is 14.8 Å². The average molecular weight is 301 g/mol. The molecule has 0 fully saturated rings. The molecule has 9 heteroatoms. The van der Waals surface area contributed by atoms with Gasteiger partial charge >= 0.3 is 0 Å². The Hall–Kier alpha value is -1.74. The molecule has 8 nitrogen and oxygen atoms in total. The fraction of sp³-hybridized carbons (Fsp3) is 0.545. The fourth-order valence-electron chi connectivity index (χ4n) is 1.15. The molecule has 0 bridgehead atoms. The van der Waals surface area contributed by atoms with E-state index in [0.29, 0.717) is 12.5 Å². The maximum Gasteiger partial charge on any atom is 0.243 e. The standard InChI is InChI=1S/C11H19N5O3S/c1-4-13-10-14-5-8(6-15-10)20(18,19)16-7-11(2,3)9(12)17/h5-6,16H,4,7H2,1-3H3,(H2,12,17)(H,13,14,15). The van der Waals surface area contributed by atoms with Crippen molar-refractivity contribution < 1.29 is 13.2 Å². The smallest absolute Gasteiger partial charge is 0.243 e. The number of anilines is 1.